The van der Waals surface area contributed by atoms with Gasteiger partial charge < -0.3 is 21.3 Å². The molecular weight excluding hydrogens is 280 g/mol. The molecule has 1 fully saturated rings. The highest BCUT2D eigenvalue weighted by Crippen LogP contribution is 2.22. The molecule has 0 aliphatic carbocycles. The number of urea groups is 1. The number of nitrogens with zero attached hydrogens (tertiary/aromatic N) is 1. The SMILES string of the molecule is CCCC(N)C(=O)Nc1ccccc1NC(=O)N1CCCC1. The molecule has 6 nitrogen and oxygen atoms in total. The Morgan fingerprint density at radius 1 is 1.18 bits per heavy atom. The van der Waals surface area contributed by atoms with Gasteiger partial charge in [-0.05, 0) is 31.4 Å². The highest BCUT2D eigenvalue weighted by molar-refractivity contribution is 6.00. The van der Waals surface area contributed by atoms with Gasteiger partial charge in [0.05, 0.1) is 17.4 Å². The van der Waals surface area contributed by atoms with Crippen molar-refractivity contribution in [3.63, 3.8) is 0 Å². The van der Waals surface area contributed by atoms with Gasteiger partial charge in [-0.1, -0.05) is 25.5 Å². The Balaban J connectivity index is 2.03. The van der Waals surface area contributed by atoms with Crippen molar-refractivity contribution in [1.29, 1.82) is 0 Å². The Morgan fingerprint density at radius 3 is 2.36 bits per heavy atom. The van der Waals surface area contributed by atoms with Crippen LogP contribution in [0.25, 0.3) is 0 Å². The Bertz CT molecular complexity index is 527. The molecular formula is C16H24N4O2. The van der Waals surface area contributed by atoms with Crippen LogP contribution in [0.1, 0.15) is 32.6 Å². The lowest BCUT2D eigenvalue weighted by Crippen LogP contribution is -2.36. The van der Waals surface area contributed by atoms with Crippen molar-refractivity contribution < 1.29 is 9.59 Å². The summed E-state index contributed by atoms with van der Waals surface area (Å²) in [4.78, 5) is 26.0. The van der Waals surface area contributed by atoms with E-state index in [2.05, 4.69) is 10.6 Å². The summed E-state index contributed by atoms with van der Waals surface area (Å²) in [6.45, 7) is 3.54. The molecule has 0 saturated carbocycles. The lowest BCUT2D eigenvalue weighted by molar-refractivity contribution is -0.117. The van der Waals surface area contributed by atoms with Crippen molar-refractivity contribution in [3.8, 4) is 0 Å². The van der Waals surface area contributed by atoms with Crippen LogP contribution in [0.4, 0.5) is 16.2 Å². The van der Waals surface area contributed by atoms with Gasteiger partial charge in [-0.2, -0.15) is 0 Å². The summed E-state index contributed by atoms with van der Waals surface area (Å²) in [6, 6.07) is 6.50. The number of para-hydroxylation sites is 2. The summed E-state index contributed by atoms with van der Waals surface area (Å²) in [7, 11) is 0. The summed E-state index contributed by atoms with van der Waals surface area (Å²) in [5.74, 6) is -0.232. The molecule has 6 heteroatoms. The van der Waals surface area contributed by atoms with E-state index in [1.54, 1.807) is 17.0 Å². The Kier molecular flexibility index (Phi) is 5.77. The van der Waals surface area contributed by atoms with Crippen LogP contribution < -0.4 is 16.4 Å². The van der Waals surface area contributed by atoms with E-state index in [0.29, 0.717) is 17.8 Å². The summed E-state index contributed by atoms with van der Waals surface area (Å²) in [6.07, 6.45) is 3.56. The zero-order chi connectivity index (χ0) is 15.9. The van der Waals surface area contributed by atoms with E-state index < -0.39 is 6.04 Å². The molecule has 1 aromatic rings. The number of amides is 3. The Labute approximate surface area is 131 Å². The number of rotatable bonds is 5. The second-order valence-electron chi connectivity index (χ2n) is 5.55. The third-order valence-corrected chi connectivity index (χ3v) is 3.76. The van der Waals surface area contributed by atoms with Gasteiger partial charge in [0, 0.05) is 13.1 Å². The van der Waals surface area contributed by atoms with E-state index in [4.69, 9.17) is 5.73 Å². The number of hydrogen-bond acceptors (Lipinski definition) is 3. The molecule has 1 aromatic carbocycles. The van der Waals surface area contributed by atoms with Crippen LogP contribution in [-0.2, 0) is 4.79 Å². The van der Waals surface area contributed by atoms with Gasteiger partial charge in [-0.15, -0.1) is 0 Å². The molecule has 3 amide bonds. The molecule has 1 saturated heterocycles. The van der Waals surface area contributed by atoms with Crippen molar-refractivity contribution in [1.82, 2.24) is 4.90 Å². The first-order valence-corrected chi connectivity index (χ1v) is 7.83. The lowest BCUT2D eigenvalue weighted by Gasteiger charge is -2.19. The third-order valence-electron chi connectivity index (χ3n) is 3.76. The first-order valence-electron chi connectivity index (χ1n) is 7.83. The maximum atomic E-state index is 12.2. The highest BCUT2D eigenvalue weighted by Gasteiger charge is 2.19. The van der Waals surface area contributed by atoms with E-state index >= 15 is 0 Å². The number of nitrogens with two attached hydrogens (primary N) is 1. The second kappa shape index (κ2) is 7.79. The van der Waals surface area contributed by atoms with Crippen LogP contribution in [-0.4, -0.2) is 36.0 Å². The quantitative estimate of drug-likeness (QED) is 0.780. The topological polar surface area (TPSA) is 87.5 Å². The van der Waals surface area contributed by atoms with Crippen molar-refractivity contribution in [2.75, 3.05) is 23.7 Å². The number of anilines is 2. The van der Waals surface area contributed by atoms with E-state index in [1.165, 1.54) is 0 Å². The van der Waals surface area contributed by atoms with Crippen molar-refractivity contribution in [2.45, 2.75) is 38.6 Å². The zero-order valence-electron chi connectivity index (χ0n) is 13.0. The third kappa shape index (κ3) is 4.21. The monoisotopic (exact) mass is 304 g/mol. The molecule has 1 atom stereocenters. The largest absolute Gasteiger partial charge is 0.325 e. The van der Waals surface area contributed by atoms with Crippen molar-refractivity contribution >= 4 is 23.3 Å². The predicted octanol–water partition coefficient (Wildman–Crippen LogP) is 2.38. The number of likely N-dealkylation sites (tertiary alicyclic amines) is 1. The Morgan fingerprint density at radius 2 is 1.77 bits per heavy atom. The van der Waals surface area contributed by atoms with Crippen LogP contribution in [0.2, 0.25) is 0 Å². The molecule has 0 bridgehead atoms. The summed E-state index contributed by atoms with van der Waals surface area (Å²) in [5.41, 5.74) is 6.99. The zero-order valence-corrected chi connectivity index (χ0v) is 13.0. The molecule has 1 aliphatic heterocycles. The van der Waals surface area contributed by atoms with Crippen molar-refractivity contribution in [3.05, 3.63) is 24.3 Å². The average Bonchev–Trinajstić information content (AvgIpc) is 3.03. The van der Waals surface area contributed by atoms with Gasteiger partial charge in [0.15, 0.2) is 0 Å². The van der Waals surface area contributed by atoms with Gasteiger partial charge >= 0.3 is 6.03 Å². The molecule has 0 spiro atoms. The van der Waals surface area contributed by atoms with Gasteiger partial charge in [-0.3, -0.25) is 4.79 Å². The second-order valence-corrected chi connectivity index (χ2v) is 5.55. The standard InChI is InChI=1S/C16H24N4O2/c1-2-7-12(17)15(21)18-13-8-3-4-9-14(13)19-16(22)20-10-5-6-11-20/h3-4,8-9,12H,2,5-7,10-11,17H2,1H3,(H,18,21)(H,19,22). The van der Waals surface area contributed by atoms with E-state index in [0.717, 1.165) is 32.4 Å². The average molecular weight is 304 g/mol. The Hall–Kier alpha value is -2.08. The minimum Gasteiger partial charge on any atom is -0.325 e. The molecule has 0 aromatic heterocycles. The number of nitrogens with one attached hydrogen (secondary N) is 2. The van der Waals surface area contributed by atoms with Gasteiger partial charge in [-0.25, -0.2) is 4.79 Å². The first kappa shape index (κ1) is 16.3. The maximum absolute atomic E-state index is 12.2. The molecule has 4 N–H and O–H groups in total. The van der Waals surface area contributed by atoms with Crippen LogP contribution in [0, 0.1) is 0 Å². The van der Waals surface area contributed by atoms with E-state index in [-0.39, 0.29) is 11.9 Å². The van der Waals surface area contributed by atoms with Crippen LogP contribution in [0.3, 0.4) is 0 Å². The molecule has 0 radical (unpaired) electrons. The molecule has 22 heavy (non-hydrogen) atoms. The molecule has 120 valence electrons. The highest BCUT2D eigenvalue weighted by atomic mass is 16.2. The predicted molar refractivity (Wildman–Crippen MR) is 87.8 cm³/mol. The van der Waals surface area contributed by atoms with Crippen LogP contribution >= 0.6 is 0 Å². The minimum atomic E-state index is -0.535. The number of hydrogen-bond donors (Lipinski definition) is 3. The van der Waals surface area contributed by atoms with E-state index in [9.17, 15) is 9.59 Å². The summed E-state index contributed by atoms with van der Waals surface area (Å²) >= 11 is 0. The van der Waals surface area contributed by atoms with E-state index in [1.807, 2.05) is 19.1 Å². The fourth-order valence-electron chi connectivity index (χ4n) is 2.48. The fourth-order valence-corrected chi connectivity index (χ4v) is 2.48. The van der Waals surface area contributed by atoms with Gasteiger partial charge in [0.1, 0.15) is 0 Å². The smallest absolute Gasteiger partial charge is 0.321 e. The molecule has 1 heterocycles. The van der Waals surface area contributed by atoms with Gasteiger partial charge in [0.25, 0.3) is 0 Å². The number of carbonyl (C=O) groups is 2. The number of benzene rings is 1. The van der Waals surface area contributed by atoms with Crippen LogP contribution in [0.5, 0.6) is 0 Å². The normalized spacial score (nSPS) is 15.5. The maximum Gasteiger partial charge on any atom is 0.321 e. The van der Waals surface area contributed by atoms with Gasteiger partial charge in [0.2, 0.25) is 5.91 Å². The van der Waals surface area contributed by atoms with Crippen LogP contribution in [0.15, 0.2) is 24.3 Å². The fraction of sp³-hybridized carbons (Fsp3) is 0.500. The molecule has 2 rings (SSSR count). The molecule has 1 aliphatic rings. The first-order chi connectivity index (χ1) is 10.6. The minimum absolute atomic E-state index is 0.128. The lowest BCUT2D eigenvalue weighted by atomic mass is 10.1. The van der Waals surface area contributed by atoms with Crippen molar-refractivity contribution in [2.24, 2.45) is 5.73 Å². The number of carbonyl (C=O) groups excluding carboxylic acids is 2. The summed E-state index contributed by atoms with van der Waals surface area (Å²) < 4.78 is 0. The molecule has 1 unspecified atom stereocenters. The summed E-state index contributed by atoms with van der Waals surface area (Å²) in [5, 5.41) is 5.65.